The first-order chi connectivity index (χ1) is 41.4. The van der Waals surface area contributed by atoms with Gasteiger partial charge < -0.3 is 133 Å². The van der Waals surface area contributed by atoms with Crippen LogP contribution in [-0.2, 0) is 66.4 Å². The maximum atomic E-state index is 14.7. The van der Waals surface area contributed by atoms with Crippen LogP contribution < -0.4 is 0 Å². The van der Waals surface area contributed by atoms with E-state index in [9.17, 15) is 76.3 Å². The van der Waals surface area contributed by atoms with Crippen molar-refractivity contribution in [2.75, 3.05) is 33.5 Å². The lowest BCUT2D eigenvalue weighted by Crippen LogP contribution is -2.67. The largest absolute Gasteiger partial charge is 0.456 e. The van der Waals surface area contributed by atoms with Crippen molar-refractivity contribution in [3.05, 3.63) is 11.6 Å². The van der Waals surface area contributed by atoms with Crippen LogP contribution in [0.25, 0.3) is 0 Å². The molecule has 0 aromatic heterocycles. The molecule has 4 aliphatic carbocycles. The van der Waals surface area contributed by atoms with Gasteiger partial charge >= 0.3 is 5.97 Å². The molecule has 1 spiro atoms. The molecule has 0 aromatic carbocycles. The predicted octanol–water partition coefficient (Wildman–Crippen LogP) is -3.38. The predicted molar refractivity (Wildman–Crippen MR) is 294 cm³/mol. The number of fused-ring (bicyclic) bond motifs is 4. The second-order valence-corrected chi connectivity index (χ2v) is 28.7. The van der Waals surface area contributed by atoms with Gasteiger partial charge in [-0.2, -0.15) is 0 Å². The Morgan fingerprint density at radius 2 is 1.10 bits per heavy atom. The van der Waals surface area contributed by atoms with Crippen LogP contribution in [0.5, 0.6) is 0 Å². The average Bonchev–Trinajstić information content (AvgIpc) is 1.46. The lowest BCUT2D eigenvalue weighted by molar-refractivity contribution is -0.394. The van der Waals surface area contributed by atoms with Gasteiger partial charge in [-0.25, -0.2) is 0 Å². The van der Waals surface area contributed by atoms with E-state index in [0.29, 0.717) is 19.3 Å². The zero-order valence-corrected chi connectivity index (χ0v) is 51.4. The van der Waals surface area contributed by atoms with Gasteiger partial charge in [-0.05, 0) is 107 Å². The maximum absolute atomic E-state index is 14.7. The van der Waals surface area contributed by atoms with Crippen LogP contribution in [0.15, 0.2) is 11.6 Å². The lowest BCUT2D eigenvalue weighted by Gasteiger charge is -2.64. The molecule has 7 saturated heterocycles. The molecule has 7 aliphatic heterocycles. The van der Waals surface area contributed by atoms with Crippen molar-refractivity contribution in [3.63, 3.8) is 0 Å². The van der Waals surface area contributed by atoms with Crippen LogP contribution in [0.1, 0.15) is 107 Å². The fourth-order valence-electron chi connectivity index (χ4n) is 18.2. The van der Waals surface area contributed by atoms with Crippen molar-refractivity contribution >= 4 is 5.97 Å². The third-order valence-electron chi connectivity index (χ3n) is 23.1. The van der Waals surface area contributed by atoms with Gasteiger partial charge in [0.15, 0.2) is 31.5 Å². The minimum atomic E-state index is -2.02. The SMILES string of the molecule is CO[C@@H]1[C@@H](O)[C@H](O[C@@H]2[C@@H](O)[C@H](O[C@H]3[C@H](O)[C@@H](O)[C@H](O[C@H]4[C@H](O[C@H]5CC[C@]6(C)C7=C[C@@H](O)[C@]89C(=O)O[C@@](C)(C%10CCC(C)(C)O%10)[C@H]8CC[C@@]9(C)[C@@H]7CC[C@H]6C5(C)C)OC[C@@H](O[C@@H]5O[C@H](CO)[C@@H](O)[C@H](O)[C@H]5O)[C@@H]4O)O[C@@H]3C)O[C@H](CO)[C@H]2O)O[C@H](CO)[C@H]1O. The molecule has 11 rings (SSSR count). The van der Waals surface area contributed by atoms with Crippen LogP contribution in [0.3, 0.4) is 0 Å². The number of rotatable bonds is 15. The molecule has 0 bridgehead atoms. The molecule has 0 aromatic rings. The summed E-state index contributed by atoms with van der Waals surface area (Å²) in [5.74, 6) is -0.721. The van der Waals surface area contributed by atoms with Crippen LogP contribution in [0, 0.1) is 39.4 Å². The highest BCUT2D eigenvalue weighted by molar-refractivity contribution is 5.84. The summed E-state index contributed by atoms with van der Waals surface area (Å²) in [5, 5.41) is 155. The van der Waals surface area contributed by atoms with E-state index in [4.69, 9.17) is 61.6 Å². The van der Waals surface area contributed by atoms with Crippen LogP contribution in [-0.4, -0.2) is 288 Å². The average molecular weight is 1270 g/mol. The first-order valence-electron chi connectivity index (χ1n) is 31.4. The molecular weight excluding hydrogens is 1170 g/mol. The summed E-state index contributed by atoms with van der Waals surface area (Å²) < 4.78 is 79.1. The molecule has 3 saturated carbocycles. The number of allylic oxidation sites excluding steroid dienone is 1. The monoisotopic (exact) mass is 1260 g/mol. The smallest absolute Gasteiger partial charge is 0.316 e. The number of cyclic esters (lactones) is 1. The Bertz CT molecular complexity index is 2490. The number of hydrogen-bond acceptors (Lipinski definition) is 28. The molecular formula is C60H96O28. The highest BCUT2D eigenvalue weighted by atomic mass is 16.8. The Morgan fingerprint density at radius 1 is 0.534 bits per heavy atom. The molecule has 88 heavy (non-hydrogen) atoms. The Morgan fingerprint density at radius 3 is 1.72 bits per heavy atom. The van der Waals surface area contributed by atoms with E-state index < -0.39 is 213 Å². The van der Waals surface area contributed by atoms with Crippen molar-refractivity contribution in [1.29, 1.82) is 0 Å². The van der Waals surface area contributed by atoms with Gasteiger partial charge in [0.2, 0.25) is 0 Å². The first kappa shape index (κ1) is 67.6. The van der Waals surface area contributed by atoms with Crippen molar-refractivity contribution in [1.82, 2.24) is 0 Å². The van der Waals surface area contributed by atoms with Gasteiger partial charge in [-0.1, -0.05) is 39.3 Å². The topological polar surface area (TPSA) is 420 Å². The summed E-state index contributed by atoms with van der Waals surface area (Å²) in [6, 6.07) is 0. The van der Waals surface area contributed by atoms with E-state index in [0.717, 1.165) is 37.7 Å². The fraction of sp³-hybridized carbons (Fsp3) is 0.950. The Kier molecular flexibility index (Phi) is 19.0. The molecule has 28 nitrogen and oxygen atoms in total. The number of methoxy groups -OCH3 is 1. The second kappa shape index (κ2) is 24.7. The first-order valence-corrected chi connectivity index (χ1v) is 31.4. The van der Waals surface area contributed by atoms with Crippen LogP contribution in [0.2, 0.25) is 0 Å². The summed E-state index contributed by atoms with van der Waals surface area (Å²) in [6.07, 6.45) is -34.5. The summed E-state index contributed by atoms with van der Waals surface area (Å²) in [5.41, 5.74) is -3.07. The van der Waals surface area contributed by atoms with Crippen molar-refractivity contribution in [3.8, 4) is 0 Å². The molecule has 7 heterocycles. The van der Waals surface area contributed by atoms with E-state index in [1.165, 1.54) is 14.0 Å². The zero-order chi connectivity index (χ0) is 63.9. The summed E-state index contributed by atoms with van der Waals surface area (Å²) in [7, 11) is 1.19. The van der Waals surface area contributed by atoms with Gasteiger partial charge in [-0.15, -0.1) is 0 Å². The number of carbonyl (C=O) groups excluding carboxylic acids is 1. The zero-order valence-electron chi connectivity index (χ0n) is 51.4. The van der Waals surface area contributed by atoms with E-state index >= 15 is 0 Å². The molecule has 11 aliphatic rings. The summed E-state index contributed by atoms with van der Waals surface area (Å²) >= 11 is 0. The number of esters is 1. The standard InChI is InChI=1S/C60H96O28/c1-23-45(84-52-44(74)47(37(67)28(21-63)81-52)85-51-43(73)46(76-9)36(66)27(20-62)80-51)40(70)42(72)49(78-23)86-48-38(68)29(82-50-41(71)39(69)35(65)26(19-61)79-50)22-77-53(48)83-33-14-16-57(6)25-18-32(64)60-31(59(8,88-54(60)75)34-13-15-55(2,3)87-34)12-17-58(60,7)24(25)10-11-30(57)56(33,4)5/h18,23-24,26-53,61-74H,10-17,19-22H2,1-9H3/t23-,24-,26-,27-,28-,29-,30+,31-,32-,33+,34?,35-,36-,37-,38+,39+,40-,41-,42-,43-,44-,45-,46+,47+,48-,49+,50+,51+,52+,53+,57-,58+,59-,60+/m1/s1. The number of carbonyl (C=O) groups is 1. The van der Waals surface area contributed by atoms with Crippen LogP contribution in [0.4, 0.5) is 0 Å². The summed E-state index contributed by atoms with van der Waals surface area (Å²) in [4.78, 5) is 14.7. The summed E-state index contributed by atoms with van der Waals surface area (Å²) in [6.45, 7) is 13.3. The molecule has 28 heteroatoms. The van der Waals surface area contributed by atoms with Gasteiger partial charge in [0.05, 0.1) is 56.4 Å². The van der Waals surface area contributed by atoms with E-state index in [1.54, 1.807) is 0 Å². The van der Waals surface area contributed by atoms with Gasteiger partial charge in [-0.3, -0.25) is 4.79 Å². The fourth-order valence-corrected chi connectivity index (χ4v) is 18.2. The van der Waals surface area contributed by atoms with Crippen molar-refractivity contribution in [2.24, 2.45) is 39.4 Å². The third-order valence-corrected chi connectivity index (χ3v) is 23.1. The number of ether oxygens (including phenoxy) is 13. The highest BCUT2D eigenvalue weighted by Crippen LogP contribution is 2.76. The van der Waals surface area contributed by atoms with E-state index in [1.807, 2.05) is 13.0 Å². The molecule has 34 atom stereocenters. The number of aliphatic hydroxyl groups is 14. The Balaban J connectivity index is 0.818. The highest BCUT2D eigenvalue weighted by Gasteiger charge is 2.80. The quantitative estimate of drug-likeness (QED) is 0.0432. The number of hydrogen-bond donors (Lipinski definition) is 14. The molecule has 14 N–H and O–H groups in total. The molecule has 504 valence electrons. The third kappa shape index (κ3) is 10.7. The van der Waals surface area contributed by atoms with E-state index in [2.05, 4.69) is 41.5 Å². The second-order valence-electron chi connectivity index (χ2n) is 28.7. The number of aliphatic hydroxyl groups excluding tert-OH is 14. The minimum absolute atomic E-state index is 0.0402. The van der Waals surface area contributed by atoms with E-state index in [-0.39, 0.29) is 35.4 Å². The van der Waals surface area contributed by atoms with Crippen LogP contribution >= 0.6 is 0 Å². The van der Waals surface area contributed by atoms with Crippen molar-refractivity contribution in [2.45, 2.75) is 284 Å². The maximum Gasteiger partial charge on any atom is 0.316 e. The van der Waals surface area contributed by atoms with Gasteiger partial charge in [0.25, 0.3) is 0 Å². The molecule has 10 fully saturated rings. The van der Waals surface area contributed by atoms with Crippen molar-refractivity contribution < 1.29 is 138 Å². The normalized spacial score (nSPS) is 55.0. The lowest BCUT2D eigenvalue weighted by atomic mass is 9.40. The molecule has 0 amide bonds. The van der Waals surface area contributed by atoms with Gasteiger partial charge in [0.1, 0.15) is 121 Å². The van der Waals surface area contributed by atoms with Gasteiger partial charge in [0, 0.05) is 13.0 Å². The molecule has 1 unspecified atom stereocenters. The Hall–Kier alpha value is -1.83. The molecule has 0 radical (unpaired) electrons. The Labute approximate surface area is 510 Å². The minimum Gasteiger partial charge on any atom is -0.456 e.